The average Bonchev–Trinajstić information content (AvgIpc) is 1.52. The van der Waals surface area contributed by atoms with Crippen LogP contribution in [0.1, 0.15) is 123 Å². The highest BCUT2D eigenvalue weighted by atomic mass is 15.3. The van der Waals surface area contributed by atoms with Crippen molar-refractivity contribution in [2.24, 2.45) is 23.6 Å². The third-order valence-electron chi connectivity index (χ3n) is 12.3. The van der Waals surface area contributed by atoms with Gasteiger partial charge in [0.05, 0.1) is 35.7 Å². The van der Waals surface area contributed by atoms with E-state index in [0.29, 0.717) is 28.2 Å². The summed E-state index contributed by atoms with van der Waals surface area (Å²) in [7, 11) is 0. The lowest BCUT2D eigenvalue weighted by Gasteiger charge is -2.19. The minimum absolute atomic E-state index is 0. The standard InChI is InChI=1S/C18H20N6.2C17H18N6.CH4/c1-12-3-4-13(7-12)16(9-19-2)24-10-14(8-23-24)17-15-5-6-20-18(15)22-11-21-17;2*1-18-9-15(12-4-2-3-5-12)23-10-13(8-22-23)16-14-6-7-19-17(14)21-11-20-16;/h5-6,8,10-13,16H,3-4,7,9H2,1H3,(H,20,21,22);2*6-8,10-12,15H,2-5,9H2,(H,19,20,21);1H4/t12?,13?,16-;2*15-;/m111./s1/i3D2,4D2,7D2,12D;4D2,5D2;2D2,3D2;. The van der Waals surface area contributed by atoms with Gasteiger partial charge in [0.15, 0.2) is 0 Å². The molecule has 12 rings (SSSR count). The molecule has 2 unspecified atom stereocenters. The van der Waals surface area contributed by atoms with Gasteiger partial charge in [0.25, 0.3) is 0 Å². The van der Waals surface area contributed by atoms with Gasteiger partial charge in [-0.25, -0.2) is 49.6 Å². The second kappa shape index (κ2) is 22.1. The Kier molecular flexibility index (Phi) is 10.2. The van der Waals surface area contributed by atoms with Crippen LogP contribution in [0.25, 0.3) is 81.4 Å². The molecule has 71 heavy (non-hydrogen) atoms. The Hall–Kier alpha value is -8.04. The summed E-state index contributed by atoms with van der Waals surface area (Å²) >= 11 is 0. The molecule has 0 amide bonds. The molecule has 362 valence electrons. The molecule has 3 saturated carbocycles. The summed E-state index contributed by atoms with van der Waals surface area (Å²) in [5.74, 6) is -5.22. The molecule has 0 aromatic carbocycles. The van der Waals surface area contributed by atoms with Gasteiger partial charge in [-0.2, -0.15) is 15.3 Å². The molecule has 0 radical (unpaired) electrons. The summed E-state index contributed by atoms with van der Waals surface area (Å²) in [6.07, 6.45) is 4.62. The number of fused-ring (bicyclic) bond motifs is 3. The van der Waals surface area contributed by atoms with Crippen molar-refractivity contribution in [3.05, 3.63) is 127 Å². The lowest BCUT2D eigenvalue weighted by atomic mass is 9.97. The number of aromatic amines is 3. The molecule has 0 bridgehead atoms. The maximum Gasteiger partial charge on any atom is 0.237 e. The zero-order valence-corrected chi connectivity index (χ0v) is 37.8. The Morgan fingerprint density at radius 2 is 0.972 bits per heavy atom. The van der Waals surface area contributed by atoms with Crippen molar-refractivity contribution < 1.29 is 20.6 Å². The number of hydrogen-bond acceptors (Lipinski definition) is 9. The fourth-order valence-electron chi connectivity index (χ4n) is 8.88. The Morgan fingerprint density at radius 1 is 0.577 bits per heavy atom. The molecule has 9 aromatic rings. The summed E-state index contributed by atoms with van der Waals surface area (Å²) < 4.78 is 128. The zero-order valence-electron chi connectivity index (χ0n) is 52.8. The van der Waals surface area contributed by atoms with Crippen molar-refractivity contribution in [1.82, 2.24) is 74.2 Å². The first-order valence-corrected chi connectivity index (χ1v) is 22.5. The molecule has 3 fully saturated rings. The number of nitrogens with one attached hydrogen (secondary N) is 3. The third kappa shape index (κ3) is 10.3. The molecule has 3 aliphatic carbocycles. The maximum absolute atomic E-state index is 8.50. The Morgan fingerprint density at radius 3 is 1.35 bits per heavy atom. The number of aromatic nitrogens is 15. The molecular formula is C53H60N18. The molecule has 3 N–H and O–H groups in total. The first-order chi connectivity index (χ1) is 40.0. The zero-order chi connectivity index (χ0) is 61.3. The minimum atomic E-state index is -2.78. The first-order valence-electron chi connectivity index (χ1n) is 30.0. The molecule has 18 nitrogen and oxygen atoms in total. The number of H-pyrrole nitrogens is 3. The van der Waals surface area contributed by atoms with Crippen LogP contribution in [0, 0.1) is 43.4 Å². The summed E-state index contributed by atoms with van der Waals surface area (Å²) in [5.41, 5.74) is 6.10. The van der Waals surface area contributed by atoms with Gasteiger partial charge in [-0.05, 0) is 80.2 Å². The van der Waals surface area contributed by atoms with Crippen LogP contribution in [0.15, 0.2) is 93.0 Å². The van der Waals surface area contributed by atoms with Crippen LogP contribution >= 0.6 is 0 Å². The second-order valence-corrected chi connectivity index (χ2v) is 16.7. The van der Waals surface area contributed by atoms with Gasteiger partial charge < -0.3 is 29.5 Å². The Bertz CT molecular complexity index is 3970. The number of rotatable bonds is 12. The molecule has 5 atom stereocenters. The van der Waals surface area contributed by atoms with Crippen molar-refractivity contribution in [3.63, 3.8) is 0 Å². The van der Waals surface area contributed by atoms with Gasteiger partial charge in [-0.3, -0.25) is 14.0 Å². The minimum Gasteiger partial charge on any atom is -0.346 e. The van der Waals surface area contributed by atoms with Crippen LogP contribution in [0.4, 0.5) is 0 Å². The topological polar surface area (TPSA) is 191 Å². The fourth-order valence-corrected chi connectivity index (χ4v) is 8.88. The van der Waals surface area contributed by atoms with Crippen LogP contribution in [0.2, 0.25) is 0 Å². The fraction of sp³-hybridized carbons (Fsp3) is 0.434. The van der Waals surface area contributed by atoms with Crippen LogP contribution in [0.3, 0.4) is 0 Å². The van der Waals surface area contributed by atoms with E-state index in [1.165, 1.54) is 34.5 Å². The van der Waals surface area contributed by atoms with Gasteiger partial charge >= 0.3 is 0 Å². The normalized spacial score (nSPS) is 27.3. The van der Waals surface area contributed by atoms with E-state index in [1.807, 2.05) is 12.1 Å². The van der Waals surface area contributed by atoms with Gasteiger partial charge in [-0.1, -0.05) is 46.3 Å². The second-order valence-electron chi connectivity index (χ2n) is 16.7. The van der Waals surface area contributed by atoms with E-state index in [9.17, 15) is 0 Å². The van der Waals surface area contributed by atoms with E-state index in [-0.39, 0.29) is 64.7 Å². The Labute approximate surface area is 434 Å². The van der Waals surface area contributed by atoms with E-state index in [4.69, 9.17) is 40.3 Å². The highest BCUT2D eigenvalue weighted by molar-refractivity contribution is 5.91. The molecule has 0 aliphatic heterocycles. The largest absolute Gasteiger partial charge is 0.346 e. The molecule has 18 heteroatoms. The smallest absolute Gasteiger partial charge is 0.237 e. The molecule has 9 heterocycles. The predicted octanol–water partition coefficient (Wildman–Crippen LogP) is 11.3. The molecule has 9 aromatic heterocycles. The van der Waals surface area contributed by atoms with Crippen molar-refractivity contribution in [2.45, 2.75) is 103 Å². The van der Waals surface area contributed by atoms with Crippen molar-refractivity contribution in [1.29, 1.82) is 0 Å². The summed E-state index contributed by atoms with van der Waals surface area (Å²) in [6.45, 7) is 22.7. The predicted molar refractivity (Wildman–Crippen MR) is 274 cm³/mol. The number of hydrogen-bond donors (Lipinski definition) is 3. The lowest BCUT2D eigenvalue weighted by molar-refractivity contribution is 0.322. The molecule has 0 spiro atoms. The van der Waals surface area contributed by atoms with E-state index in [0.717, 1.165) is 45.6 Å². The third-order valence-corrected chi connectivity index (χ3v) is 12.3. The summed E-state index contributed by atoms with van der Waals surface area (Å²) in [6, 6.07) is 3.36. The highest BCUT2D eigenvalue weighted by Crippen LogP contribution is 2.40. The van der Waals surface area contributed by atoms with Crippen LogP contribution < -0.4 is 0 Å². The molecular weight excluding hydrogens is 889 g/mol. The monoisotopic (exact) mass is 964 g/mol. The van der Waals surface area contributed by atoms with Crippen LogP contribution in [-0.2, 0) is 0 Å². The van der Waals surface area contributed by atoms with Crippen molar-refractivity contribution in [2.75, 3.05) is 19.6 Å². The Balaban J connectivity index is 0.000000154. The van der Waals surface area contributed by atoms with E-state index in [2.05, 4.69) is 74.7 Å². The highest BCUT2D eigenvalue weighted by Gasteiger charge is 2.33. The summed E-state index contributed by atoms with van der Waals surface area (Å²) in [5, 5.41) is 15.5. The molecule has 3 aliphatic rings. The summed E-state index contributed by atoms with van der Waals surface area (Å²) in [4.78, 5) is 44.8. The van der Waals surface area contributed by atoms with Crippen molar-refractivity contribution >= 4 is 33.1 Å². The number of nitrogens with zero attached hydrogens (tertiary/aromatic N) is 15. The van der Waals surface area contributed by atoms with Crippen LogP contribution in [0.5, 0.6) is 0 Å². The first kappa shape index (κ1) is 32.7. The van der Waals surface area contributed by atoms with Gasteiger partial charge in [0, 0.05) is 90.6 Å². The van der Waals surface area contributed by atoms with E-state index < -0.39 is 74.4 Å². The van der Waals surface area contributed by atoms with Gasteiger partial charge in [-0.15, -0.1) is 0 Å². The lowest BCUT2D eigenvalue weighted by Crippen LogP contribution is -2.20. The van der Waals surface area contributed by atoms with Crippen molar-refractivity contribution in [3.8, 4) is 33.8 Å². The van der Waals surface area contributed by atoms with E-state index >= 15 is 0 Å². The maximum atomic E-state index is 8.50. The average molecular weight is 964 g/mol. The SMILES string of the molecule is C.[2H]C1([2H])C([C@@H](C[N+]#[C-])n2cc(-c3ncnc4[nH]ccc34)cn2)C([2H])([2H])C([2H])(C)C1([2H])[2H].[2H]C1([2H])CC([C@@H](C[N+]#[C-])n2cc(-c3ncnc4[nH]ccc34)cn2)CC1([2H])[2H].[2H]C1([2H])CCC([2H])([2H])C1[C@@H](C[N+]#[C-])n1cc(-c2ncnc3[nH]ccc23)cn1. The van der Waals surface area contributed by atoms with Crippen LogP contribution in [-0.4, -0.2) is 93.8 Å². The molecule has 0 saturated heterocycles. The van der Waals surface area contributed by atoms with E-state index in [1.54, 1.807) is 60.3 Å². The van der Waals surface area contributed by atoms with Gasteiger partial charge in [0.1, 0.15) is 54.0 Å². The quantitative estimate of drug-likeness (QED) is 0.1000. The van der Waals surface area contributed by atoms with Gasteiger partial charge in [0.2, 0.25) is 19.6 Å².